The van der Waals surface area contributed by atoms with E-state index in [9.17, 15) is 4.79 Å². The van der Waals surface area contributed by atoms with E-state index in [0.717, 1.165) is 36.4 Å². The summed E-state index contributed by atoms with van der Waals surface area (Å²) in [5, 5.41) is 0.714. The minimum absolute atomic E-state index is 0.0104. The highest BCUT2D eigenvalue weighted by Crippen LogP contribution is 2.46. The molecule has 0 aromatic heterocycles. The van der Waals surface area contributed by atoms with Gasteiger partial charge in [-0.1, -0.05) is 32.0 Å². The van der Waals surface area contributed by atoms with Gasteiger partial charge < -0.3 is 9.64 Å². The molecule has 2 aromatic rings. The van der Waals surface area contributed by atoms with Crippen LogP contribution < -0.4 is 9.64 Å². The van der Waals surface area contributed by atoms with Crippen molar-refractivity contribution in [1.29, 1.82) is 0 Å². The first kappa shape index (κ1) is 24.4. The Labute approximate surface area is 207 Å². The fourth-order valence-corrected chi connectivity index (χ4v) is 6.14. The van der Waals surface area contributed by atoms with Crippen molar-refractivity contribution in [2.45, 2.75) is 58.9 Å². The number of carbonyl (C=O) groups is 1. The molecule has 2 heterocycles. The van der Waals surface area contributed by atoms with Crippen LogP contribution in [0.1, 0.15) is 64.5 Å². The normalized spacial score (nSPS) is 21.9. The molecule has 1 saturated heterocycles. The van der Waals surface area contributed by atoms with Crippen LogP contribution in [0.25, 0.3) is 6.08 Å². The lowest BCUT2D eigenvalue weighted by Gasteiger charge is -2.47. The monoisotopic (exact) mass is 477 g/mol. The molecule has 2 aromatic carbocycles. The Hall–Kier alpha value is -2.73. The lowest BCUT2D eigenvalue weighted by molar-refractivity contribution is -0.122. The zero-order chi connectivity index (χ0) is 24.5. The Balaban J connectivity index is 1.75. The van der Waals surface area contributed by atoms with Crippen LogP contribution in [0.3, 0.4) is 0 Å². The van der Waals surface area contributed by atoms with E-state index in [1.54, 1.807) is 12.0 Å². The molecule has 0 aliphatic carbocycles. The number of amides is 1. The van der Waals surface area contributed by atoms with E-state index in [-0.39, 0.29) is 11.4 Å². The smallest absolute Gasteiger partial charge is 0.266 e. The lowest BCUT2D eigenvalue weighted by Crippen LogP contribution is -2.48. The van der Waals surface area contributed by atoms with Gasteiger partial charge >= 0.3 is 0 Å². The van der Waals surface area contributed by atoms with Crippen LogP contribution in [0.2, 0.25) is 0 Å². The van der Waals surface area contributed by atoms with Gasteiger partial charge in [-0.2, -0.15) is 0 Å². The Morgan fingerprint density at radius 2 is 1.94 bits per heavy atom. The van der Waals surface area contributed by atoms with Crippen LogP contribution in [0.4, 0.5) is 11.4 Å². The molecule has 4 rings (SSSR count). The number of rotatable bonds is 6. The largest absolute Gasteiger partial charge is 0.496 e. The summed E-state index contributed by atoms with van der Waals surface area (Å²) in [7, 11) is 1.70. The number of nitrogens with zero attached hydrogens (tertiary/aromatic N) is 3. The van der Waals surface area contributed by atoms with Crippen LogP contribution >= 0.6 is 11.8 Å². The third-order valence-corrected chi connectivity index (χ3v) is 7.66. The number of thioether (sulfide) groups is 1. The summed E-state index contributed by atoms with van der Waals surface area (Å²) in [5.74, 6) is 1.21. The minimum Gasteiger partial charge on any atom is -0.496 e. The molecule has 6 heteroatoms. The molecule has 34 heavy (non-hydrogen) atoms. The first-order valence-corrected chi connectivity index (χ1v) is 13.0. The average molecular weight is 478 g/mol. The Morgan fingerprint density at radius 3 is 2.59 bits per heavy atom. The summed E-state index contributed by atoms with van der Waals surface area (Å²) >= 11 is 1.43. The molecule has 0 N–H and O–H groups in total. The van der Waals surface area contributed by atoms with Gasteiger partial charge in [-0.25, -0.2) is 4.99 Å². The SMILES string of the molecule is CCCN1c2cc(OC)c(/C=C3/SC(=Nc4ccccc4)N(CC)C3=O)cc2C(C)CC1(C)C. The molecule has 5 nitrogen and oxygen atoms in total. The molecule has 2 aliphatic rings. The van der Waals surface area contributed by atoms with E-state index in [4.69, 9.17) is 9.73 Å². The van der Waals surface area contributed by atoms with E-state index in [2.05, 4.69) is 44.7 Å². The number of methoxy groups -OCH3 is 1. The number of hydrogen-bond acceptors (Lipinski definition) is 5. The van der Waals surface area contributed by atoms with Crippen LogP contribution in [0.5, 0.6) is 5.75 Å². The van der Waals surface area contributed by atoms with E-state index in [0.29, 0.717) is 22.5 Å². The molecule has 1 amide bonds. The number of carbonyl (C=O) groups excluding carboxylic acids is 1. The van der Waals surface area contributed by atoms with Gasteiger partial charge in [0.2, 0.25) is 0 Å². The van der Waals surface area contributed by atoms with E-state index in [1.807, 2.05) is 43.3 Å². The van der Waals surface area contributed by atoms with Crippen molar-refractivity contribution in [3.63, 3.8) is 0 Å². The quantitative estimate of drug-likeness (QED) is 0.428. The first-order chi connectivity index (χ1) is 16.3. The van der Waals surface area contributed by atoms with Crippen molar-refractivity contribution in [1.82, 2.24) is 4.90 Å². The first-order valence-electron chi connectivity index (χ1n) is 12.1. The number of amidine groups is 1. The second-order valence-electron chi connectivity index (χ2n) is 9.61. The van der Waals surface area contributed by atoms with Gasteiger partial charge in [0, 0.05) is 35.9 Å². The molecule has 1 fully saturated rings. The van der Waals surface area contributed by atoms with Crippen LogP contribution in [0.15, 0.2) is 52.4 Å². The van der Waals surface area contributed by atoms with Crippen molar-refractivity contribution in [2.24, 2.45) is 4.99 Å². The van der Waals surface area contributed by atoms with Crippen LogP contribution in [-0.2, 0) is 4.79 Å². The Kier molecular flexibility index (Phi) is 7.08. The van der Waals surface area contributed by atoms with Gasteiger partial charge in [0.25, 0.3) is 5.91 Å². The summed E-state index contributed by atoms with van der Waals surface area (Å²) in [6, 6.07) is 14.2. The highest BCUT2D eigenvalue weighted by atomic mass is 32.2. The number of ether oxygens (including phenoxy) is 1. The molecule has 0 saturated carbocycles. The summed E-state index contributed by atoms with van der Waals surface area (Å²) < 4.78 is 5.83. The highest BCUT2D eigenvalue weighted by molar-refractivity contribution is 8.18. The van der Waals surface area contributed by atoms with Gasteiger partial charge in [0.05, 0.1) is 17.7 Å². The number of likely N-dealkylation sites (N-methyl/N-ethyl adjacent to an activating group) is 1. The van der Waals surface area contributed by atoms with Crippen molar-refractivity contribution in [2.75, 3.05) is 25.1 Å². The second kappa shape index (κ2) is 9.87. The van der Waals surface area contributed by atoms with E-state index in [1.165, 1.54) is 23.0 Å². The zero-order valence-electron chi connectivity index (χ0n) is 21.1. The fraction of sp³-hybridized carbons (Fsp3) is 0.429. The maximum absolute atomic E-state index is 13.2. The number of benzene rings is 2. The topological polar surface area (TPSA) is 45.1 Å². The highest BCUT2D eigenvalue weighted by Gasteiger charge is 2.37. The molecule has 180 valence electrons. The molecule has 0 bridgehead atoms. The number of anilines is 1. The molecule has 0 radical (unpaired) electrons. The van der Waals surface area contributed by atoms with Crippen molar-refractivity contribution in [3.05, 3.63) is 58.5 Å². The molecule has 0 spiro atoms. The maximum Gasteiger partial charge on any atom is 0.266 e. The van der Waals surface area contributed by atoms with Crippen molar-refractivity contribution < 1.29 is 9.53 Å². The predicted molar refractivity (Wildman–Crippen MR) is 144 cm³/mol. The summed E-state index contributed by atoms with van der Waals surface area (Å²) in [5.41, 5.74) is 4.45. The third kappa shape index (κ3) is 4.61. The fourth-order valence-electron chi connectivity index (χ4n) is 5.09. The molecule has 2 aliphatic heterocycles. The molecule has 1 unspecified atom stereocenters. The summed E-state index contributed by atoms with van der Waals surface area (Å²) in [4.78, 5) is 22.9. The van der Waals surface area contributed by atoms with Crippen LogP contribution in [0, 0.1) is 0 Å². The molecular formula is C28H35N3O2S. The van der Waals surface area contributed by atoms with Crippen molar-refractivity contribution >= 4 is 40.3 Å². The average Bonchev–Trinajstić information content (AvgIpc) is 3.10. The summed E-state index contributed by atoms with van der Waals surface area (Å²) in [6.45, 7) is 12.7. The van der Waals surface area contributed by atoms with Gasteiger partial charge in [0.15, 0.2) is 5.17 Å². The van der Waals surface area contributed by atoms with Gasteiger partial charge in [0.1, 0.15) is 5.75 Å². The number of fused-ring (bicyclic) bond motifs is 1. The van der Waals surface area contributed by atoms with Crippen molar-refractivity contribution in [3.8, 4) is 5.75 Å². The zero-order valence-corrected chi connectivity index (χ0v) is 21.9. The third-order valence-electron chi connectivity index (χ3n) is 6.66. The van der Waals surface area contributed by atoms with Gasteiger partial charge in [-0.3, -0.25) is 9.69 Å². The second-order valence-corrected chi connectivity index (χ2v) is 10.6. The maximum atomic E-state index is 13.2. The van der Waals surface area contributed by atoms with E-state index < -0.39 is 0 Å². The Bertz CT molecular complexity index is 1120. The summed E-state index contributed by atoms with van der Waals surface area (Å²) in [6.07, 6.45) is 4.15. The standard InChI is InChI=1S/C28H35N3O2S/c1-7-14-31-23-17-24(33-6)20(15-22(23)19(3)18-28(31,4)5)16-25-26(32)30(8-2)27(34-25)29-21-12-10-9-11-13-21/h9-13,15-17,19H,7-8,14,18H2,1-6H3/b25-16+,29-27?. The van der Waals surface area contributed by atoms with E-state index >= 15 is 0 Å². The van der Waals surface area contributed by atoms with Gasteiger partial charge in [-0.05, 0) is 81.1 Å². The predicted octanol–water partition coefficient (Wildman–Crippen LogP) is 6.82. The molecule has 1 atom stereocenters. The molecular weight excluding hydrogens is 442 g/mol. The lowest BCUT2D eigenvalue weighted by atomic mass is 9.79. The number of para-hydroxylation sites is 1. The van der Waals surface area contributed by atoms with Gasteiger partial charge in [-0.15, -0.1) is 0 Å². The Morgan fingerprint density at radius 1 is 1.21 bits per heavy atom. The number of hydrogen-bond donors (Lipinski definition) is 0. The van der Waals surface area contributed by atoms with Crippen LogP contribution in [-0.4, -0.2) is 41.7 Å². The minimum atomic E-state index is -0.0104. The number of aliphatic imine (C=N–C) groups is 1.